The predicted octanol–water partition coefficient (Wildman–Crippen LogP) is 2.59. The molecule has 1 amide bonds. The maximum atomic E-state index is 15.6. The molecule has 212 valence electrons. The zero-order chi connectivity index (χ0) is 28.6. The zero-order valence-electron chi connectivity index (χ0n) is 22.2. The molecule has 0 spiro atoms. The Morgan fingerprint density at radius 1 is 1.25 bits per heavy atom. The number of benzene rings is 1. The number of hydrogen-bond donors (Lipinski definition) is 2. The van der Waals surface area contributed by atoms with E-state index in [4.69, 9.17) is 10.5 Å². The molecule has 3 aromatic rings. The van der Waals surface area contributed by atoms with Crippen LogP contribution in [0.1, 0.15) is 30.5 Å². The normalized spacial score (nSPS) is 18.8. The molecular formula is C27H31FN6O5S. The smallest absolute Gasteiger partial charge is 0.328 e. The number of aryl methyl sites for hydroxylation is 1. The zero-order valence-corrected chi connectivity index (χ0v) is 23.1. The molecule has 1 unspecified atom stereocenters. The predicted molar refractivity (Wildman–Crippen MR) is 149 cm³/mol. The number of halogens is 1. The highest BCUT2D eigenvalue weighted by Crippen LogP contribution is 2.31. The van der Waals surface area contributed by atoms with Crippen molar-refractivity contribution in [1.29, 1.82) is 0 Å². The first-order valence-electron chi connectivity index (χ1n) is 13.0. The van der Waals surface area contributed by atoms with Gasteiger partial charge in [-0.05, 0) is 49.9 Å². The maximum absolute atomic E-state index is 15.6. The Hall–Kier alpha value is -3.84. The Morgan fingerprint density at radius 3 is 2.65 bits per heavy atom. The minimum Gasteiger partial charge on any atom is -0.467 e. The molecule has 11 nitrogen and oxygen atoms in total. The summed E-state index contributed by atoms with van der Waals surface area (Å²) >= 11 is -2.54. The van der Waals surface area contributed by atoms with Gasteiger partial charge in [0.1, 0.15) is 29.5 Å². The van der Waals surface area contributed by atoms with Gasteiger partial charge in [0.15, 0.2) is 0 Å². The van der Waals surface area contributed by atoms with E-state index in [0.29, 0.717) is 16.8 Å². The molecule has 0 saturated carbocycles. The third kappa shape index (κ3) is 5.18. The van der Waals surface area contributed by atoms with Gasteiger partial charge in [-0.25, -0.2) is 23.4 Å². The number of esters is 1. The SMILES string of the molecule is COC(=O)[C@@H](Cc1ccc2c(N)nc(C)cc2c1F)N1CC[C@H](N(c2ccc(N3CCCC3)nc2)S(=O)O)C1=O. The first-order valence-corrected chi connectivity index (χ1v) is 14.1. The van der Waals surface area contributed by atoms with Crippen molar-refractivity contribution in [3.63, 3.8) is 0 Å². The highest BCUT2D eigenvalue weighted by Gasteiger charge is 2.44. The number of likely N-dealkylation sites (tertiary alicyclic amines) is 1. The number of rotatable bonds is 8. The summed E-state index contributed by atoms with van der Waals surface area (Å²) in [7, 11) is 1.20. The number of nitrogen functional groups attached to an aromatic ring is 1. The molecule has 4 heterocycles. The first kappa shape index (κ1) is 27.7. The van der Waals surface area contributed by atoms with Crippen molar-refractivity contribution in [2.45, 2.75) is 44.7 Å². The molecule has 0 aliphatic carbocycles. The molecule has 3 N–H and O–H groups in total. The Bertz CT molecular complexity index is 1470. The van der Waals surface area contributed by atoms with E-state index < -0.39 is 41.0 Å². The van der Waals surface area contributed by atoms with Gasteiger partial charge in [0.05, 0.1) is 19.0 Å². The van der Waals surface area contributed by atoms with Crippen LogP contribution in [0.25, 0.3) is 10.8 Å². The van der Waals surface area contributed by atoms with E-state index in [0.717, 1.165) is 36.1 Å². The van der Waals surface area contributed by atoms with Crippen LogP contribution in [0.4, 0.5) is 21.7 Å². The quantitative estimate of drug-likeness (QED) is 0.309. The molecule has 2 aliphatic heterocycles. The van der Waals surface area contributed by atoms with Gasteiger partial charge in [-0.2, -0.15) is 0 Å². The van der Waals surface area contributed by atoms with E-state index in [9.17, 15) is 18.4 Å². The van der Waals surface area contributed by atoms with Crippen molar-refractivity contribution in [3.8, 4) is 0 Å². The topological polar surface area (TPSA) is 142 Å². The van der Waals surface area contributed by atoms with Crippen molar-refractivity contribution < 1.29 is 27.5 Å². The van der Waals surface area contributed by atoms with Crippen LogP contribution in [0.2, 0.25) is 0 Å². The number of anilines is 3. The minimum atomic E-state index is -2.54. The molecule has 2 fully saturated rings. The third-order valence-corrected chi connectivity index (χ3v) is 8.33. The minimum absolute atomic E-state index is 0.113. The highest BCUT2D eigenvalue weighted by atomic mass is 32.2. The number of methoxy groups -OCH3 is 1. The largest absolute Gasteiger partial charge is 0.467 e. The summed E-state index contributed by atoms with van der Waals surface area (Å²) in [6.45, 7) is 3.61. The van der Waals surface area contributed by atoms with Crippen LogP contribution in [-0.4, -0.2) is 74.3 Å². The second-order valence-electron chi connectivity index (χ2n) is 9.99. The fourth-order valence-electron chi connectivity index (χ4n) is 5.55. The molecule has 2 aromatic heterocycles. The number of nitrogens with zero attached hydrogens (tertiary/aromatic N) is 5. The first-order chi connectivity index (χ1) is 19.2. The van der Waals surface area contributed by atoms with Gasteiger partial charge in [-0.15, -0.1) is 0 Å². The summed E-state index contributed by atoms with van der Waals surface area (Å²) in [6, 6.07) is 5.99. The van der Waals surface area contributed by atoms with Crippen LogP contribution in [0.3, 0.4) is 0 Å². The number of aromatic nitrogens is 2. The second-order valence-corrected chi connectivity index (χ2v) is 10.8. The number of pyridine rings is 2. The van der Waals surface area contributed by atoms with Gasteiger partial charge in [0, 0.05) is 42.5 Å². The summed E-state index contributed by atoms with van der Waals surface area (Å²) in [5.74, 6) is -0.851. The summed E-state index contributed by atoms with van der Waals surface area (Å²) in [6.07, 6.45) is 3.66. The molecule has 5 rings (SSSR count). The number of carbonyl (C=O) groups is 2. The summed E-state index contributed by atoms with van der Waals surface area (Å²) < 4.78 is 44.2. The average molecular weight is 571 g/mol. The van der Waals surface area contributed by atoms with Gasteiger partial charge in [-0.3, -0.25) is 13.7 Å². The van der Waals surface area contributed by atoms with Crippen molar-refractivity contribution in [2.75, 3.05) is 41.7 Å². The number of ether oxygens (including phenoxy) is 1. The average Bonchev–Trinajstić information content (AvgIpc) is 3.60. The highest BCUT2D eigenvalue weighted by molar-refractivity contribution is 7.80. The van der Waals surface area contributed by atoms with Gasteiger partial charge in [-0.1, -0.05) is 12.1 Å². The lowest BCUT2D eigenvalue weighted by atomic mass is 10.00. The van der Waals surface area contributed by atoms with E-state index in [1.165, 1.54) is 24.3 Å². The molecule has 0 bridgehead atoms. The summed E-state index contributed by atoms with van der Waals surface area (Å²) in [5.41, 5.74) is 7.01. The van der Waals surface area contributed by atoms with Gasteiger partial charge in [0.2, 0.25) is 5.91 Å². The summed E-state index contributed by atoms with van der Waals surface area (Å²) in [4.78, 5) is 38.5. The van der Waals surface area contributed by atoms with Crippen LogP contribution in [-0.2, 0) is 32.0 Å². The molecule has 2 saturated heterocycles. The number of nitrogens with two attached hydrogens (primary N) is 1. The summed E-state index contributed by atoms with van der Waals surface area (Å²) in [5, 5.41) is 0.715. The number of carbonyl (C=O) groups excluding carboxylic acids is 2. The third-order valence-electron chi connectivity index (χ3n) is 7.53. The lowest BCUT2D eigenvalue weighted by Gasteiger charge is -2.29. The number of fused-ring (bicyclic) bond motifs is 1. The fraction of sp³-hybridized carbons (Fsp3) is 0.407. The van der Waals surface area contributed by atoms with E-state index in [1.54, 1.807) is 31.2 Å². The fourth-order valence-corrected chi connectivity index (χ4v) is 6.25. The van der Waals surface area contributed by atoms with Crippen molar-refractivity contribution >= 4 is 51.2 Å². The van der Waals surface area contributed by atoms with Gasteiger partial charge >= 0.3 is 5.97 Å². The van der Waals surface area contributed by atoms with Crippen LogP contribution in [0, 0.1) is 12.7 Å². The monoisotopic (exact) mass is 570 g/mol. The van der Waals surface area contributed by atoms with Crippen molar-refractivity contribution in [3.05, 3.63) is 53.6 Å². The van der Waals surface area contributed by atoms with E-state index in [1.807, 2.05) is 0 Å². The molecule has 40 heavy (non-hydrogen) atoms. The van der Waals surface area contributed by atoms with E-state index in [-0.39, 0.29) is 36.2 Å². The van der Waals surface area contributed by atoms with Crippen LogP contribution >= 0.6 is 0 Å². The van der Waals surface area contributed by atoms with Crippen LogP contribution in [0.5, 0.6) is 0 Å². The standard InChI is InChI=1S/C27H31FN6O5S/c1-16-13-20-19(25(29)31-16)7-5-17(24(20)28)14-22(27(36)39-2)33-12-9-21(26(33)35)34(40(37)38)18-6-8-23(30-15-18)32-10-3-4-11-32/h5-8,13,15,21-22H,3-4,9-12,14H2,1-2H3,(H2,29,31)(H,37,38)/t21-,22+/m0/s1. The van der Waals surface area contributed by atoms with Gasteiger partial charge in [0.25, 0.3) is 11.3 Å². The van der Waals surface area contributed by atoms with E-state index >= 15 is 4.39 Å². The molecule has 1 aromatic carbocycles. The number of hydrogen-bond acceptors (Lipinski definition) is 8. The lowest BCUT2D eigenvalue weighted by Crippen LogP contribution is -2.49. The Kier molecular flexibility index (Phi) is 7.86. The van der Waals surface area contributed by atoms with E-state index in [2.05, 4.69) is 14.9 Å². The van der Waals surface area contributed by atoms with Crippen molar-refractivity contribution in [1.82, 2.24) is 14.9 Å². The molecule has 13 heteroatoms. The van der Waals surface area contributed by atoms with Gasteiger partial charge < -0.3 is 20.3 Å². The molecule has 3 atom stereocenters. The molecule has 0 radical (unpaired) electrons. The number of amides is 1. The Labute approximate surface area is 233 Å². The Morgan fingerprint density at radius 2 is 2.00 bits per heavy atom. The maximum Gasteiger partial charge on any atom is 0.328 e. The van der Waals surface area contributed by atoms with Crippen LogP contribution in [0.15, 0.2) is 36.5 Å². The molecular weight excluding hydrogens is 539 g/mol. The van der Waals surface area contributed by atoms with Crippen LogP contribution < -0.4 is 14.9 Å². The second kappa shape index (κ2) is 11.3. The Balaban J connectivity index is 1.41. The molecule has 2 aliphatic rings. The lowest BCUT2D eigenvalue weighted by molar-refractivity contribution is -0.151. The van der Waals surface area contributed by atoms with Crippen molar-refractivity contribution in [2.24, 2.45) is 0 Å².